The van der Waals surface area contributed by atoms with Gasteiger partial charge in [-0.05, 0) is 44.9 Å². The molecule has 1 N–H and O–H groups in total. The topological polar surface area (TPSA) is 73.2 Å². The van der Waals surface area contributed by atoms with Crippen LogP contribution in [0, 0.1) is 0 Å². The summed E-state index contributed by atoms with van der Waals surface area (Å²) in [4.78, 5) is 29.1. The molecule has 1 aliphatic rings. The third-order valence-electron chi connectivity index (χ3n) is 4.11. The van der Waals surface area contributed by atoms with Crippen LogP contribution in [0.4, 0.5) is 0 Å². The summed E-state index contributed by atoms with van der Waals surface area (Å²) in [6, 6.07) is 5.30. The summed E-state index contributed by atoms with van der Waals surface area (Å²) in [7, 11) is 0. The number of benzene rings is 1. The third kappa shape index (κ3) is 3.58. The van der Waals surface area contributed by atoms with Crippen molar-refractivity contribution in [1.29, 1.82) is 0 Å². The van der Waals surface area contributed by atoms with Crippen LogP contribution in [0.3, 0.4) is 0 Å². The summed E-state index contributed by atoms with van der Waals surface area (Å²) in [6.45, 7) is 4.45. The fourth-order valence-corrected chi connectivity index (χ4v) is 3.00. The molecule has 128 valence electrons. The molecule has 1 aromatic heterocycles. The molecule has 0 atom stereocenters. The average molecular weight is 329 g/mol. The van der Waals surface area contributed by atoms with Gasteiger partial charge in [-0.1, -0.05) is 6.42 Å². The largest absolute Gasteiger partial charge is 0.484 e. The monoisotopic (exact) mass is 329 g/mol. The van der Waals surface area contributed by atoms with Crippen molar-refractivity contribution in [3.05, 3.63) is 34.4 Å². The number of carbonyl (C=O) groups excluding carboxylic acids is 1. The summed E-state index contributed by atoms with van der Waals surface area (Å²) in [5, 5.41) is 3.31. The summed E-state index contributed by atoms with van der Waals surface area (Å²) >= 11 is 0. The van der Waals surface area contributed by atoms with E-state index in [9.17, 15) is 9.59 Å². The van der Waals surface area contributed by atoms with Crippen LogP contribution in [-0.4, -0.2) is 28.1 Å². The van der Waals surface area contributed by atoms with Crippen LogP contribution in [0.15, 0.2) is 23.0 Å². The van der Waals surface area contributed by atoms with Gasteiger partial charge in [-0.25, -0.2) is 4.98 Å². The molecule has 0 fully saturated rings. The molecule has 0 spiro atoms. The van der Waals surface area contributed by atoms with E-state index < -0.39 is 0 Å². The Hall–Kier alpha value is -2.37. The van der Waals surface area contributed by atoms with Crippen LogP contribution in [0.1, 0.15) is 38.9 Å². The van der Waals surface area contributed by atoms with Gasteiger partial charge in [0, 0.05) is 19.0 Å². The minimum absolute atomic E-state index is 0.0195. The molecule has 6 heteroatoms. The number of nitrogens with zero attached hydrogens (tertiary/aromatic N) is 2. The van der Waals surface area contributed by atoms with E-state index >= 15 is 0 Å². The van der Waals surface area contributed by atoms with Crippen LogP contribution in [0.25, 0.3) is 10.9 Å². The second kappa shape index (κ2) is 7.03. The molecule has 2 heterocycles. The van der Waals surface area contributed by atoms with E-state index in [0.717, 1.165) is 38.1 Å². The number of ether oxygens (including phenoxy) is 1. The summed E-state index contributed by atoms with van der Waals surface area (Å²) in [5.41, 5.74) is 0.668. The Morgan fingerprint density at radius 3 is 2.96 bits per heavy atom. The van der Waals surface area contributed by atoms with Crippen LogP contribution < -0.4 is 15.6 Å². The molecule has 1 amide bonds. The number of aryl methyl sites for hydroxylation is 1. The number of aromatic nitrogens is 2. The summed E-state index contributed by atoms with van der Waals surface area (Å²) < 4.78 is 7.29. The molecular weight excluding hydrogens is 306 g/mol. The summed E-state index contributed by atoms with van der Waals surface area (Å²) in [5.74, 6) is 1.20. The first-order valence-electron chi connectivity index (χ1n) is 8.50. The molecule has 6 nitrogen and oxygen atoms in total. The molecule has 0 saturated carbocycles. The van der Waals surface area contributed by atoms with Gasteiger partial charge >= 0.3 is 0 Å². The predicted octanol–water partition coefficient (Wildman–Crippen LogP) is 2.03. The van der Waals surface area contributed by atoms with Crippen molar-refractivity contribution in [2.45, 2.75) is 52.1 Å². The van der Waals surface area contributed by atoms with E-state index in [2.05, 4.69) is 10.3 Å². The van der Waals surface area contributed by atoms with Gasteiger partial charge in [0.15, 0.2) is 6.61 Å². The third-order valence-corrected chi connectivity index (χ3v) is 4.11. The van der Waals surface area contributed by atoms with Gasteiger partial charge < -0.3 is 10.1 Å². The highest BCUT2D eigenvalue weighted by atomic mass is 16.5. The molecule has 0 unspecified atom stereocenters. The number of hydrogen-bond donors (Lipinski definition) is 1. The first kappa shape index (κ1) is 16.5. The number of hydrogen-bond acceptors (Lipinski definition) is 4. The van der Waals surface area contributed by atoms with Gasteiger partial charge in [-0.2, -0.15) is 0 Å². The zero-order valence-corrected chi connectivity index (χ0v) is 14.2. The van der Waals surface area contributed by atoms with Gasteiger partial charge in [0.05, 0.1) is 10.9 Å². The van der Waals surface area contributed by atoms with Crippen LogP contribution in [0.2, 0.25) is 0 Å². The first-order chi connectivity index (χ1) is 11.5. The Balaban J connectivity index is 1.86. The highest BCUT2D eigenvalue weighted by molar-refractivity contribution is 5.80. The van der Waals surface area contributed by atoms with Gasteiger partial charge in [0.2, 0.25) is 0 Å². The van der Waals surface area contributed by atoms with Crippen molar-refractivity contribution in [3.63, 3.8) is 0 Å². The standard InChI is InChI=1S/C18H23N3O3/c1-12(2)19-17(22)11-24-13-7-8-15-14(10-13)18(23)21-9-5-3-4-6-16(21)20-15/h7-8,10,12H,3-6,9,11H2,1-2H3,(H,19,22). The van der Waals surface area contributed by atoms with E-state index in [-0.39, 0.29) is 24.1 Å². The van der Waals surface area contributed by atoms with Crippen LogP contribution in [-0.2, 0) is 17.8 Å². The minimum Gasteiger partial charge on any atom is -0.484 e. The second-order valence-corrected chi connectivity index (χ2v) is 6.49. The lowest BCUT2D eigenvalue weighted by atomic mass is 10.2. The Morgan fingerprint density at radius 2 is 2.17 bits per heavy atom. The minimum atomic E-state index is -0.179. The Labute approximate surface area is 140 Å². The lowest BCUT2D eigenvalue weighted by Gasteiger charge is -2.12. The first-order valence-corrected chi connectivity index (χ1v) is 8.50. The number of amides is 1. The second-order valence-electron chi connectivity index (χ2n) is 6.49. The molecule has 0 bridgehead atoms. The molecule has 1 aromatic carbocycles. The maximum absolute atomic E-state index is 12.7. The van der Waals surface area contributed by atoms with Gasteiger partial charge in [-0.3, -0.25) is 14.2 Å². The van der Waals surface area contributed by atoms with E-state index in [1.807, 2.05) is 13.8 Å². The quantitative estimate of drug-likeness (QED) is 0.931. The summed E-state index contributed by atoms with van der Waals surface area (Å²) in [6.07, 6.45) is 4.05. The molecule has 3 rings (SSSR count). The highest BCUT2D eigenvalue weighted by Crippen LogP contribution is 2.19. The number of fused-ring (bicyclic) bond motifs is 2. The molecular formula is C18H23N3O3. The van der Waals surface area contributed by atoms with E-state index in [0.29, 0.717) is 16.7 Å². The van der Waals surface area contributed by atoms with Crippen LogP contribution in [0.5, 0.6) is 5.75 Å². The highest BCUT2D eigenvalue weighted by Gasteiger charge is 2.14. The maximum Gasteiger partial charge on any atom is 0.261 e. The Bertz CT molecular complexity index is 811. The predicted molar refractivity (Wildman–Crippen MR) is 92.3 cm³/mol. The average Bonchev–Trinajstić information content (AvgIpc) is 2.78. The SMILES string of the molecule is CC(C)NC(=O)COc1ccc2nc3n(c(=O)c2c1)CCCCC3. The molecule has 0 saturated heterocycles. The number of carbonyl (C=O) groups is 1. The van der Waals surface area contributed by atoms with Crippen molar-refractivity contribution in [1.82, 2.24) is 14.9 Å². The molecule has 1 aliphatic heterocycles. The fourth-order valence-electron chi connectivity index (χ4n) is 3.00. The lowest BCUT2D eigenvalue weighted by Crippen LogP contribution is -2.34. The van der Waals surface area contributed by atoms with Gasteiger partial charge in [-0.15, -0.1) is 0 Å². The number of rotatable bonds is 4. The zero-order valence-electron chi connectivity index (χ0n) is 14.2. The lowest BCUT2D eigenvalue weighted by molar-refractivity contribution is -0.123. The van der Waals surface area contributed by atoms with Crippen LogP contribution >= 0.6 is 0 Å². The molecule has 24 heavy (non-hydrogen) atoms. The molecule has 2 aromatic rings. The van der Waals surface area contributed by atoms with E-state index in [1.54, 1.807) is 22.8 Å². The van der Waals surface area contributed by atoms with Gasteiger partial charge in [0.1, 0.15) is 11.6 Å². The van der Waals surface area contributed by atoms with Gasteiger partial charge in [0.25, 0.3) is 11.5 Å². The van der Waals surface area contributed by atoms with Crippen molar-refractivity contribution >= 4 is 16.8 Å². The van der Waals surface area contributed by atoms with E-state index in [4.69, 9.17) is 4.74 Å². The number of nitrogens with one attached hydrogen (secondary N) is 1. The smallest absolute Gasteiger partial charge is 0.261 e. The molecule has 0 radical (unpaired) electrons. The van der Waals surface area contributed by atoms with Crippen molar-refractivity contribution in [2.75, 3.05) is 6.61 Å². The van der Waals surface area contributed by atoms with E-state index in [1.165, 1.54) is 0 Å². The Kier molecular flexibility index (Phi) is 4.83. The Morgan fingerprint density at radius 1 is 1.33 bits per heavy atom. The fraction of sp³-hybridized carbons (Fsp3) is 0.500. The maximum atomic E-state index is 12.7. The molecule has 0 aliphatic carbocycles. The normalized spacial score (nSPS) is 14.3. The van der Waals surface area contributed by atoms with Crippen molar-refractivity contribution in [2.24, 2.45) is 0 Å². The zero-order chi connectivity index (χ0) is 17.1. The van der Waals surface area contributed by atoms with Crippen molar-refractivity contribution < 1.29 is 9.53 Å². The van der Waals surface area contributed by atoms with Crippen molar-refractivity contribution in [3.8, 4) is 5.75 Å².